The number of nitrogens with zero attached hydrogens (tertiary/aromatic N) is 1. The minimum absolute atomic E-state index is 0.0493. The summed E-state index contributed by atoms with van der Waals surface area (Å²) in [6.45, 7) is 0. The van der Waals surface area contributed by atoms with Crippen molar-refractivity contribution in [2.75, 3.05) is 17.1 Å². The first-order valence-electron chi connectivity index (χ1n) is 11.0. The molecule has 8 nitrogen and oxygen atoms in total. The Morgan fingerprint density at radius 3 is 2.28 bits per heavy atom. The fourth-order valence-electron chi connectivity index (χ4n) is 3.62. The Morgan fingerprint density at radius 1 is 0.861 bits per heavy atom. The van der Waals surface area contributed by atoms with Crippen LogP contribution in [0.1, 0.15) is 10.4 Å². The van der Waals surface area contributed by atoms with Crippen LogP contribution in [0.25, 0.3) is 22.6 Å². The lowest BCUT2D eigenvalue weighted by Crippen LogP contribution is -2.18. The topological polar surface area (TPSA) is 111 Å². The summed E-state index contributed by atoms with van der Waals surface area (Å²) in [5.41, 5.74) is 3.09. The monoisotopic (exact) mass is 499 g/mol. The van der Waals surface area contributed by atoms with Gasteiger partial charge in [-0.2, -0.15) is 0 Å². The van der Waals surface area contributed by atoms with Crippen molar-refractivity contribution in [1.29, 1.82) is 0 Å². The van der Waals surface area contributed by atoms with E-state index in [-0.39, 0.29) is 16.1 Å². The minimum Gasteiger partial charge on any atom is -0.497 e. The van der Waals surface area contributed by atoms with Crippen molar-refractivity contribution >= 4 is 38.4 Å². The quantitative estimate of drug-likeness (QED) is 0.303. The number of aromatic nitrogens is 1. The molecule has 0 aliphatic rings. The van der Waals surface area contributed by atoms with Crippen molar-refractivity contribution in [3.63, 3.8) is 0 Å². The van der Waals surface area contributed by atoms with Crippen LogP contribution in [0.4, 0.5) is 11.4 Å². The fourth-order valence-corrected chi connectivity index (χ4v) is 4.70. The van der Waals surface area contributed by atoms with Crippen molar-refractivity contribution in [2.24, 2.45) is 0 Å². The van der Waals surface area contributed by atoms with Gasteiger partial charge in [-0.1, -0.05) is 24.3 Å². The van der Waals surface area contributed by atoms with E-state index in [0.29, 0.717) is 22.9 Å². The molecule has 2 N–H and O–H groups in total. The van der Waals surface area contributed by atoms with Crippen molar-refractivity contribution in [3.8, 4) is 17.2 Å². The Hall–Kier alpha value is -4.63. The SMILES string of the molecule is COc1ccc(S(=O)(=O)Nc2ccccc2C(=O)Nc2ccc(-c3nc4ccccc4o3)cc2)cc1. The van der Waals surface area contributed by atoms with E-state index in [4.69, 9.17) is 9.15 Å². The molecule has 0 saturated heterocycles. The van der Waals surface area contributed by atoms with E-state index in [2.05, 4.69) is 15.0 Å². The van der Waals surface area contributed by atoms with Gasteiger partial charge in [-0.25, -0.2) is 13.4 Å². The molecule has 0 aliphatic heterocycles. The van der Waals surface area contributed by atoms with Gasteiger partial charge in [-0.3, -0.25) is 9.52 Å². The molecule has 36 heavy (non-hydrogen) atoms. The summed E-state index contributed by atoms with van der Waals surface area (Å²) in [5, 5.41) is 2.80. The van der Waals surface area contributed by atoms with E-state index < -0.39 is 15.9 Å². The molecule has 5 aromatic rings. The number of carbonyl (C=O) groups excluding carboxylic acids is 1. The lowest BCUT2D eigenvalue weighted by atomic mass is 10.1. The van der Waals surface area contributed by atoms with E-state index in [0.717, 1.165) is 11.1 Å². The minimum atomic E-state index is -3.92. The van der Waals surface area contributed by atoms with Gasteiger partial charge >= 0.3 is 0 Å². The van der Waals surface area contributed by atoms with Crippen molar-refractivity contribution in [2.45, 2.75) is 4.90 Å². The number of sulfonamides is 1. The number of hydrogen-bond donors (Lipinski definition) is 2. The van der Waals surface area contributed by atoms with Gasteiger partial charge < -0.3 is 14.5 Å². The number of nitrogens with one attached hydrogen (secondary N) is 2. The average Bonchev–Trinajstić information content (AvgIpc) is 3.33. The zero-order chi connectivity index (χ0) is 25.1. The van der Waals surface area contributed by atoms with E-state index in [1.165, 1.54) is 25.3 Å². The summed E-state index contributed by atoms with van der Waals surface area (Å²) in [7, 11) is -2.42. The van der Waals surface area contributed by atoms with Crippen LogP contribution in [0.2, 0.25) is 0 Å². The summed E-state index contributed by atoms with van der Waals surface area (Å²) in [6.07, 6.45) is 0. The van der Waals surface area contributed by atoms with Crippen LogP contribution in [-0.4, -0.2) is 26.4 Å². The molecule has 9 heteroatoms. The maximum absolute atomic E-state index is 13.0. The first-order chi connectivity index (χ1) is 17.4. The van der Waals surface area contributed by atoms with Gasteiger partial charge in [0.15, 0.2) is 5.58 Å². The Bertz CT molecular complexity index is 1610. The zero-order valence-corrected chi connectivity index (χ0v) is 20.0. The van der Waals surface area contributed by atoms with Crippen LogP contribution in [0.3, 0.4) is 0 Å². The van der Waals surface area contributed by atoms with Gasteiger partial charge in [-0.15, -0.1) is 0 Å². The third-order valence-corrected chi connectivity index (χ3v) is 6.85. The van der Waals surface area contributed by atoms with E-state index in [9.17, 15) is 13.2 Å². The van der Waals surface area contributed by atoms with Crippen LogP contribution in [0, 0.1) is 0 Å². The Morgan fingerprint density at radius 2 is 1.56 bits per heavy atom. The smallest absolute Gasteiger partial charge is 0.261 e. The third-order valence-electron chi connectivity index (χ3n) is 5.47. The lowest BCUT2D eigenvalue weighted by molar-refractivity contribution is 0.102. The molecule has 1 amide bonds. The van der Waals surface area contributed by atoms with Crippen molar-refractivity contribution < 1.29 is 22.4 Å². The summed E-state index contributed by atoms with van der Waals surface area (Å²) in [6, 6.07) is 26.9. The molecule has 0 unspecified atom stereocenters. The van der Waals surface area contributed by atoms with Crippen LogP contribution in [0.5, 0.6) is 5.75 Å². The number of fused-ring (bicyclic) bond motifs is 1. The molecule has 0 atom stereocenters. The zero-order valence-electron chi connectivity index (χ0n) is 19.1. The maximum atomic E-state index is 13.0. The summed E-state index contributed by atoms with van der Waals surface area (Å²) < 4.78 is 39.1. The highest BCUT2D eigenvalue weighted by Crippen LogP contribution is 2.26. The highest BCUT2D eigenvalue weighted by atomic mass is 32.2. The Kier molecular flexibility index (Phi) is 6.14. The van der Waals surface area contributed by atoms with Gasteiger partial charge in [0.2, 0.25) is 5.89 Å². The highest BCUT2D eigenvalue weighted by molar-refractivity contribution is 7.92. The summed E-state index contributed by atoms with van der Waals surface area (Å²) >= 11 is 0. The molecule has 1 aromatic heterocycles. The number of anilines is 2. The van der Waals surface area contributed by atoms with Crippen LogP contribution >= 0.6 is 0 Å². The molecular formula is C27H21N3O5S. The molecule has 0 aliphatic carbocycles. The second kappa shape index (κ2) is 9.55. The number of ether oxygens (including phenoxy) is 1. The predicted octanol–water partition coefficient (Wildman–Crippen LogP) is 5.56. The molecule has 4 aromatic carbocycles. The van der Waals surface area contributed by atoms with Crippen LogP contribution in [0.15, 0.2) is 106 Å². The number of methoxy groups -OCH3 is 1. The predicted molar refractivity (Wildman–Crippen MR) is 138 cm³/mol. The lowest BCUT2D eigenvalue weighted by Gasteiger charge is -2.13. The van der Waals surface area contributed by atoms with Gasteiger partial charge in [0.25, 0.3) is 15.9 Å². The molecule has 180 valence electrons. The average molecular weight is 500 g/mol. The molecule has 1 heterocycles. The fraction of sp³-hybridized carbons (Fsp3) is 0.0370. The molecule has 0 radical (unpaired) electrons. The maximum Gasteiger partial charge on any atom is 0.261 e. The van der Waals surface area contributed by atoms with E-state index >= 15 is 0 Å². The molecule has 0 spiro atoms. The van der Waals surface area contributed by atoms with Crippen LogP contribution < -0.4 is 14.8 Å². The Balaban J connectivity index is 1.33. The number of amides is 1. The van der Waals surface area contributed by atoms with Gasteiger partial charge in [0.1, 0.15) is 11.3 Å². The summed E-state index contributed by atoms with van der Waals surface area (Å²) in [4.78, 5) is 17.5. The van der Waals surface area contributed by atoms with Gasteiger partial charge in [0.05, 0.1) is 23.3 Å². The number of hydrogen-bond acceptors (Lipinski definition) is 6. The van der Waals surface area contributed by atoms with Crippen molar-refractivity contribution in [1.82, 2.24) is 4.98 Å². The largest absolute Gasteiger partial charge is 0.497 e. The number of benzene rings is 4. The van der Waals surface area contributed by atoms with Gasteiger partial charge in [-0.05, 0) is 72.8 Å². The Labute approximate surface area is 207 Å². The first kappa shape index (κ1) is 23.1. The van der Waals surface area contributed by atoms with Crippen molar-refractivity contribution in [3.05, 3.63) is 103 Å². The third kappa shape index (κ3) is 4.77. The van der Waals surface area contributed by atoms with E-state index in [1.54, 1.807) is 54.6 Å². The van der Waals surface area contributed by atoms with Crippen LogP contribution in [-0.2, 0) is 10.0 Å². The van der Waals surface area contributed by atoms with Gasteiger partial charge in [0, 0.05) is 11.3 Å². The second-order valence-electron chi connectivity index (χ2n) is 7.84. The molecular weight excluding hydrogens is 478 g/mol. The number of para-hydroxylation sites is 3. The molecule has 0 saturated carbocycles. The summed E-state index contributed by atoms with van der Waals surface area (Å²) in [5.74, 6) is 0.556. The van der Waals surface area contributed by atoms with E-state index in [1.807, 2.05) is 24.3 Å². The number of oxazole rings is 1. The number of rotatable bonds is 7. The normalized spacial score (nSPS) is 11.2. The highest BCUT2D eigenvalue weighted by Gasteiger charge is 2.19. The molecule has 0 fully saturated rings. The molecule has 0 bridgehead atoms. The molecule has 5 rings (SSSR count). The number of carbonyl (C=O) groups is 1. The first-order valence-corrected chi connectivity index (χ1v) is 12.4. The standard InChI is InChI=1S/C27H21N3O5S/c1-34-20-14-16-21(17-15-20)36(32,33)30-23-7-3-2-6-22(23)26(31)28-19-12-10-18(11-13-19)27-29-24-8-4-5-9-25(24)35-27/h2-17,30H,1H3,(H,28,31). The second-order valence-corrected chi connectivity index (χ2v) is 9.53.